The van der Waals surface area contributed by atoms with Crippen LogP contribution in [-0.2, 0) is 0 Å². The molecular formula is C18H18F2N6OS. The van der Waals surface area contributed by atoms with E-state index in [4.69, 9.17) is 0 Å². The Hall–Kier alpha value is -3.01. The molecule has 3 rings (SSSR count). The fraction of sp³-hybridized carbons (Fsp3) is 0.222. The quantitative estimate of drug-likeness (QED) is 0.443. The number of carbonyl (C=O) groups is 1. The maximum Gasteiger partial charge on any atom is 0.288 e. The largest absolute Gasteiger partial charge is 0.368 e. The van der Waals surface area contributed by atoms with Gasteiger partial charge in [0.1, 0.15) is 12.1 Å². The van der Waals surface area contributed by atoms with Gasteiger partial charge in [0.15, 0.2) is 5.82 Å². The number of aryl methyl sites for hydroxylation is 1. The summed E-state index contributed by atoms with van der Waals surface area (Å²) in [6, 6.07) is 9.90. The standard InChI is InChI=1S/C18H18F2N6OS/c1-12-6-9-26(25-12)16-10-15(23-11-24-16)21-7-8-22-17(27)13-4-2-3-5-14(13)28-18(19)20/h2-6,9-11,18H,7-8H2,1H3,(H,22,27)(H,21,23,24). The molecule has 2 heterocycles. The van der Waals surface area contributed by atoms with E-state index in [2.05, 4.69) is 25.7 Å². The van der Waals surface area contributed by atoms with Crippen LogP contribution in [0.25, 0.3) is 5.82 Å². The number of hydrogen-bond acceptors (Lipinski definition) is 6. The Labute approximate surface area is 164 Å². The van der Waals surface area contributed by atoms with E-state index in [0.717, 1.165) is 5.69 Å². The molecule has 2 aromatic heterocycles. The Morgan fingerprint density at radius 3 is 2.79 bits per heavy atom. The highest BCUT2D eigenvalue weighted by Crippen LogP contribution is 2.28. The number of alkyl halides is 2. The lowest BCUT2D eigenvalue weighted by Crippen LogP contribution is -2.29. The number of benzene rings is 1. The molecule has 0 spiro atoms. The number of halogens is 2. The van der Waals surface area contributed by atoms with Crippen molar-refractivity contribution in [3.05, 3.63) is 60.2 Å². The van der Waals surface area contributed by atoms with Gasteiger partial charge in [-0.15, -0.1) is 0 Å². The highest BCUT2D eigenvalue weighted by Gasteiger charge is 2.14. The molecule has 146 valence electrons. The lowest BCUT2D eigenvalue weighted by Gasteiger charge is -2.10. The van der Waals surface area contributed by atoms with Crippen LogP contribution >= 0.6 is 11.8 Å². The predicted molar refractivity (Wildman–Crippen MR) is 103 cm³/mol. The summed E-state index contributed by atoms with van der Waals surface area (Å²) >= 11 is 0.356. The van der Waals surface area contributed by atoms with E-state index in [1.54, 1.807) is 29.1 Å². The number of nitrogens with one attached hydrogen (secondary N) is 2. The molecule has 0 radical (unpaired) electrons. The van der Waals surface area contributed by atoms with Crippen molar-refractivity contribution in [1.29, 1.82) is 0 Å². The molecule has 1 aromatic carbocycles. The van der Waals surface area contributed by atoms with Crippen molar-refractivity contribution in [1.82, 2.24) is 25.1 Å². The number of anilines is 1. The number of carbonyl (C=O) groups excluding carboxylic acids is 1. The molecule has 0 atom stereocenters. The van der Waals surface area contributed by atoms with Gasteiger partial charge < -0.3 is 10.6 Å². The maximum absolute atomic E-state index is 12.6. The highest BCUT2D eigenvalue weighted by atomic mass is 32.2. The van der Waals surface area contributed by atoms with E-state index in [9.17, 15) is 13.6 Å². The second kappa shape index (κ2) is 9.27. The predicted octanol–water partition coefficient (Wildman–Crippen LogP) is 3.13. The number of hydrogen-bond donors (Lipinski definition) is 2. The van der Waals surface area contributed by atoms with Gasteiger partial charge in [-0.2, -0.15) is 13.9 Å². The monoisotopic (exact) mass is 404 g/mol. The van der Waals surface area contributed by atoms with Crippen molar-refractivity contribution >= 4 is 23.5 Å². The number of aromatic nitrogens is 4. The summed E-state index contributed by atoms with van der Waals surface area (Å²) in [6.45, 7) is 2.59. The average molecular weight is 404 g/mol. The summed E-state index contributed by atoms with van der Waals surface area (Å²) in [5.41, 5.74) is 1.10. The number of rotatable bonds is 8. The van der Waals surface area contributed by atoms with E-state index in [1.807, 2.05) is 13.0 Å². The lowest BCUT2D eigenvalue weighted by molar-refractivity contribution is 0.0952. The first-order valence-corrected chi connectivity index (χ1v) is 9.31. The second-order valence-corrected chi connectivity index (χ2v) is 6.75. The van der Waals surface area contributed by atoms with E-state index in [0.29, 0.717) is 36.5 Å². The molecule has 0 bridgehead atoms. The summed E-state index contributed by atoms with van der Waals surface area (Å²) in [5, 5.41) is 10.1. The smallest absolute Gasteiger partial charge is 0.288 e. The zero-order chi connectivity index (χ0) is 19.9. The Morgan fingerprint density at radius 2 is 2.04 bits per heavy atom. The summed E-state index contributed by atoms with van der Waals surface area (Å²) < 4.78 is 26.9. The number of amides is 1. The number of thioether (sulfide) groups is 1. The summed E-state index contributed by atoms with van der Waals surface area (Å²) in [4.78, 5) is 20.8. The van der Waals surface area contributed by atoms with E-state index in [1.165, 1.54) is 18.5 Å². The first-order valence-electron chi connectivity index (χ1n) is 8.43. The Bertz CT molecular complexity index is 949. The van der Waals surface area contributed by atoms with Crippen molar-refractivity contribution in [2.24, 2.45) is 0 Å². The highest BCUT2D eigenvalue weighted by molar-refractivity contribution is 7.99. The molecule has 3 aromatic rings. The van der Waals surface area contributed by atoms with E-state index >= 15 is 0 Å². The van der Waals surface area contributed by atoms with Crippen LogP contribution in [0.4, 0.5) is 14.6 Å². The lowest BCUT2D eigenvalue weighted by atomic mass is 10.2. The van der Waals surface area contributed by atoms with Crippen LogP contribution in [-0.4, -0.2) is 44.5 Å². The minimum Gasteiger partial charge on any atom is -0.368 e. The molecule has 2 N–H and O–H groups in total. The molecule has 10 heteroatoms. The van der Waals surface area contributed by atoms with E-state index in [-0.39, 0.29) is 10.5 Å². The fourth-order valence-electron chi connectivity index (χ4n) is 2.43. The third kappa shape index (κ3) is 5.26. The van der Waals surface area contributed by atoms with Crippen LogP contribution in [0.3, 0.4) is 0 Å². The van der Waals surface area contributed by atoms with Gasteiger partial charge in [-0.05, 0) is 25.1 Å². The van der Waals surface area contributed by atoms with Crippen molar-refractivity contribution in [2.75, 3.05) is 18.4 Å². The van der Waals surface area contributed by atoms with Crippen molar-refractivity contribution < 1.29 is 13.6 Å². The molecule has 0 saturated heterocycles. The Kier molecular flexibility index (Phi) is 6.53. The van der Waals surface area contributed by atoms with Gasteiger partial charge in [0, 0.05) is 30.2 Å². The first kappa shape index (κ1) is 19.7. The SMILES string of the molecule is Cc1ccn(-c2cc(NCCNC(=O)c3ccccc3SC(F)F)ncn2)n1. The topological polar surface area (TPSA) is 84.7 Å². The molecule has 0 aliphatic carbocycles. The first-order chi connectivity index (χ1) is 13.5. The van der Waals surface area contributed by atoms with Crippen LogP contribution in [0.15, 0.2) is 53.8 Å². The summed E-state index contributed by atoms with van der Waals surface area (Å²) in [6.07, 6.45) is 3.22. The van der Waals surface area contributed by atoms with Gasteiger partial charge in [-0.1, -0.05) is 23.9 Å². The van der Waals surface area contributed by atoms with E-state index < -0.39 is 11.7 Å². The van der Waals surface area contributed by atoms with Gasteiger partial charge in [-0.25, -0.2) is 14.6 Å². The third-order valence-corrected chi connectivity index (χ3v) is 4.46. The summed E-state index contributed by atoms with van der Waals surface area (Å²) in [7, 11) is 0. The van der Waals surface area contributed by atoms with Gasteiger partial charge in [0.2, 0.25) is 0 Å². The van der Waals surface area contributed by atoms with Crippen molar-refractivity contribution in [3.63, 3.8) is 0 Å². The average Bonchev–Trinajstić information content (AvgIpc) is 3.12. The van der Waals surface area contributed by atoms with Gasteiger partial charge in [0.05, 0.1) is 11.3 Å². The molecule has 0 unspecified atom stereocenters. The molecule has 1 amide bonds. The van der Waals surface area contributed by atoms with Crippen LogP contribution in [0.2, 0.25) is 0 Å². The number of nitrogens with zero attached hydrogens (tertiary/aromatic N) is 4. The maximum atomic E-state index is 12.6. The van der Waals surface area contributed by atoms with Crippen LogP contribution in [0.1, 0.15) is 16.1 Å². The molecule has 7 nitrogen and oxygen atoms in total. The molecule has 0 fully saturated rings. The molecule has 0 aliphatic heterocycles. The van der Waals surface area contributed by atoms with Crippen molar-refractivity contribution in [3.8, 4) is 5.82 Å². The zero-order valence-corrected chi connectivity index (χ0v) is 15.8. The molecule has 0 aliphatic rings. The third-order valence-electron chi connectivity index (χ3n) is 3.67. The molecule has 0 saturated carbocycles. The minimum absolute atomic E-state index is 0.228. The van der Waals surface area contributed by atoms with Crippen LogP contribution < -0.4 is 10.6 Å². The van der Waals surface area contributed by atoms with Gasteiger partial charge >= 0.3 is 0 Å². The fourth-order valence-corrected chi connectivity index (χ4v) is 3.06. The zero-order valence-electron chi connectivity index (χ0n) is 15.0. The van der Waals surface area contributed by atoms with Gasteiger partial charge in [0.25, 0.3) is 11.7 Å². The molecule has 28 heavy (non-hydrogen) atoms. The van der Waals surface area contributed by atoms with Crippen LogP contribution in [0.5, 0.6) is 0 Å². The minimum atomic E-state index is -2.58. The normalized spacial score (nSPS) is 10.9. The Morgan fingerprint density at radius 1 is 1.21 bits per heavy atom. The summed E-state index contributed by atoms with van der Waals surface area (Å²) in [5.74, 6) is -1.78. The van der Waals surface area contributed by atoms with Crippen molar-refractivity contribution in [2.45, 2.75) is 17.6 Å². The second-order valence-electron chi connectivity index (χ2n) is 5.72. The molecular weight excluding hydrogens is 386 g/mol. The Balaban J connectivity index is 1.53. The van der Waals surface area contributed by atoms with Gasteiger partial charge in [-0.3, -0.25) is 4.79 Å². The van der Waals surface area contributed by atoms with Crippen LogP contribution in [0, 0.1) is 6.92 Å².